The number of rotatable bonds is 3. The molecule has 0 aromatic heterocycles. The summed E-state index contributed by atoms with van der Waals surface area (Å²) in [5.41, 5.74) is 8.14. The maximum Gasteiger partial charge on any atom is 0.329 e. The molecule has 1 saturated carbocycles. The van der Waals surface area contributed by atoms with E-state index in [4.69, 9.17) is 5.73 Å². The van der Waals surface area contributed by atoms with Crippen LogP contribution in [0.4, 0.5) is 4.79 Å². The Morgan fingerprint density at radius 2 is 1.63 bits per heavy atom. The van der Waals surface area contributed by atoms with Crippen molar-refractivity contribution in [1.82, 2.24) is 15.8 Å². The third kappa shape index (κ3) is 4.38. The van der Waals surface area contributed by atoms with Crippen LogP contribution < -0.4 is 16.5 Å². The molecule has 1 aliphatic carbocycles. The summed E-state index contributed by atoms with van der Waals surface area (Å²) in [6.45, 7) is 1.37. The van der Waals surface area contributed by atoms with E-state index < -0.39 is 0 Å². The minimum Gasteiger partial charge on any atom is -0.369 e. The number of amides is 3. The van der Waals surface area contributed by atoms with Gasteiger partial charge in [-0.15, -0.1) is 0 Å². The van der Waals surface area contributed by atoms with E-state index in [-0.39, 0.29) is 17.9 Å². The Balaban J connectivity index is 1.67. The Morgan fingerprint density at radius 1 is 1.00 bits per heavy atom. The monoisotopic (exact) mass is 268 g/mol. The van der Waals surface area contributed by atoms with Crippen molar-refractivity contribution in [1.29, 1.82) is 0 Å². The number of nitrogens with zero attached hydrogens (tertiary/aromatic N) is 1. The molecule has 4 N–H and O–H groups in total. The quantitative estimate of drug-likeness (QED) is 0.705. The molecule has 0 radical (unpaired) electrons. The lowest BCUT2D eigenvalue weighted by molar-refractivity contribution is -0.123. The zero-order chi connectivity index (χ0) is 13.7. The molecule has 0 bridgehead atoms. The summed E-state index contributed by atoms with van der Waals surface area (Å²) in [7, 11) is 0. The summed E-state index contributed by atoms with van der Waals surface area (Å²) < 4.78 is 0. The Labute approximate surface area is 114 Å². The molecule has 2 aliphatic rings. The number of piperidine rings is 1. The van der Waals surface area contributed by atoms with Crippen LogP contribution in [0.25, 0.3) is 0 Å². The highest BCUT2D eigenvalue weighted by Gasteiger charge is 2.24. The summed E-state index contributed by atoms with van der Waals surface area (Å²) >= 11 is 0. The van der Waals surface area contributed by atoms with Gasteiger partial charge in [0.1, 0.15) is 0 Å². The molecular weight excluding hydrogens is 244 g/mol. The highest BCUT2D eigenvalue weighted by molar-refractivity contribution is 5.77. The predicted molar refractivity (Wildman–Crippen MR) is 72.0 cm³/mol. The lowest BCUT2D eigenvalue weighted by atomic mass is 9.96. The number of nitrogens with one attached hydrogen (secondary N) is 2. The van der Waals surface area contributed by atoms with Crippen molar-refractivity contribution >= 4 is 11.9 Å². The van der Waals surface area contributed by atoms with Crippen LogP contribution in [0, 0.1) is 5.92 Å². The number of hydrogen-bond donors (Lipinski definition) is 3. The van der Waals surface area contributed by atoms with E-state index in [1.54, 1.807) is 0 Å². The molecule has 6 heteroatoms. The molecule has 0 aromatic carbocycles. The van der Waals surface area contributed by atoms with Crippen molar-refractivity contribution in [2.45, 2.75) is 51.0 Å². The molecule has 0 aromatic rings. The van der Waals surface area contributed by atoms with Gasteiger partial charge in [-0.3, -0.25) is 10.2 Å². The largest absolute Gasteiger partial charge is 0.369 e. The van der Waals surface area contributed by atoms with Crippen LogP contribution in [0.5, 0.6) is 0 Å². The van der Waals surface area contributed by atoms with Crippen LogP contribution in [0.1, 0.15) is 44.9 Å². The summed E-state index contributed by atoms with van der Waals surface area (Å²) in [5.74, 6) is -0.272. The zero-order valence-corrected chi connectivity index (χ0v) is 11.4. The lowest BCUT2D eigenvalue weighted by Crippen LogP contribution is -2.53. The van der Waals surface area contributed by atoms with Crippen molar-refractivity contribution in [3.05, 3.63) is 0 Å². The van der Waals surface area contributed by atoms with Gasteiger partial charge in [0, 0.05) is 25.0 Å². The molecule has 2 fully saturated rings. The first-order valence-corrected chi connectivity index (χ1v) is 7.26. The van der Waals surface area contributed by atoms with Crippen LogP contribution in [0.2, 0.25) is 0 Å². The molecule has 0 unspecified atom stereocenters. The van der Waals surface area contributed by atoms with Crippen molar-refractivity contribution < 1.29 is 9.59 Å². The minimum atomic E-state index is -0.230. The van der Waals surface area contributed by atoms with Gasteiger partial charge in [0.25, 0.3) is 0 Å². The van der Waals surface area contributed by atoms with E-state index in [0.29, 0.717) is 19.1 Å². The Hall–Kier alpha value is -1.30. The first-order chi connectivity index (χ1) is 9.15. The highest BCUT2D eigenvalue weighted by atomic mass is 16.2. The summed E-state index contributed by atoms with van der Waals surface area (Å²) in [4.78, 5) is 22.9. The number of hydrogen-bond acceptors (Lipinski definition) is 3. The summed E-state index contributed by atoms with van der Waals surface area (Å²) in [5, 5.41) is 4.89. The summed E-state index contributed by atoms with van der Waals surface area (Å²) in [6, 6.07) is 0.196. The van der Waals surface area contributed by atoms with Gasteiger partial charge in [0.15, 0.2) is 0 Å². The molecule has 3 amide bonds. The first kappa shape index (κ1) is 14.1. The van der Waals surface area contributed by atoms with E-state index in [2.05, 4.69) is 10.7 Å². The fourth-order valence-electron chi connectivity index (χ4n) is 2.88. The Bertz CT molecular complexity index is 321. The smallest absolute Gasteiger partial charge is 0.329 e. The number of primary amides is 1. The van der Waals surface area contributed by atoms with Gasteiger partial charge in [-0.25, -0.2) is 9.80 Å². The van der Waals surface area contributed by atoms with Gasteiger partial charge in [0.2, 0.25) is 5.91 Å². The van der Waals surface area contributed by atoms with Crippen molar-refractivity contribution in [2.75, 3.05) is 13.1 Å². The van der Waals surface area contributed by atoms with Gasteiger partial charge in [-0.2, -0.15) is 0 Å². The van der Waals surface area contributed by atoms with Crippen molar-refractivity contribution in [3.63, 3.8) is 0 Å². The van der Waals surface area contributed by atoms with Crippen molar-refractivity contribution in [3.8, 4) is 0 Å². The molecule has 1 saturated heterocycles. The number of nitrogens with two attached hydrogens (primary N) is 1. The van der Waals surface area contributed by atoms with E-state index in [1.807, 2.05) is 5.01 Å². The number of hydrazine groups is 1. The van der Waals surface area contributed by atoms with Gasteiger partial charge < -0.3 is 11.1 Å². The van der Waals surface area contributed by atoms with E-state index in [0.717, 1.165) is 25.7 Å². The van der Waals surface area contributed by atoms with E-state index in [9.17, 15) is 9.59 Å². The van der Waals surface area contributed by atoms with Crippen LogP contribution in [0.3, 0.4) is 0 Å². The predicted octanol–water partition coefficient (Wildman–Crippen LogP) is 0.731. The second-order valence-electron chi connectivity index (χ2n) is 5.58. The average molecular weight is 268 g/mol. The second kappa shape index (κ2) is 6.75. The van der Waals surface area contributed by atoms with Crippen LogP contribution in [0.15, 0.2) is 0 Å². The van der Waals surface area contributed by atoms with Gasteiger partial charge in [0.05, 0.1) is 0 Å². The fourth-order valence-corrected chi connectivity index (χ4v) is 2.88. The number of carbonyl (C=O) groups is 2. The molecule has 0 atom stereocenters. The Morgan fingerprint density at radius 3 is 2.21 bits per heavy atom. The van der Waals surface area contributed by atoms with Crippen LogP contribution >= 0.6 is 0 Å². The standard InChI is InChI=1S/C13H24N4O2/c14-12(18)10-6-8-17(9-7-10)16-13(19)15-11-4-2-1-3-5-11/h10-11H,1-9H2,(H2,14,18)(H2,15,16,19). The van der Waals surface area contributed by atoms with Gasteiger partial charge in [-0.05, 0) is 25.7 Å². The molecule has 6 nitrogen and oxygen atoms in total. The van der Waals surface area contributed by atoms with Gasteiger partial charge in [-0.1, -0.05) is 19.3 Å². The average Bonchev–Trinajstić information content (AvgIpc) is 2.40. The molecule has 0 spiro atoms. The molecule has 19 heavy (non-hydrogen) atoms. The maximum absolute atomic E-state index is 11.8. The molecule has 2 rings (SSSR count). The zero-order valence-electron chi connectivity index (χ0n) is 11.4. The molecular formula is C13H24N4O2. The molecule has 1 aliphatic heterocycles. The SMILES string of the molecule is NC(=O)C1CCN(NC(=O)NC2CCCCC2)CC1. The third-order valence-corrected chi connectivity index (χ3v) is 4.10. The molecule has 1 heterocycles. The lowest BCUT2D eigenvalue weighted by Gasteiger charge is -2.31. The topological polar surface area (TPSA) is 87.5 Å². The number of carbonyl (C=O) groups excluding carboxylic acids is 2. The second-order valence-corrected chi connectivity index (χ2v) is 5.58. The van der Waals surface area contributed by atoms with E-state index in [1.165, 1.54) is 19.3 Å². The van der Waals surface area contributed by atoms with Gasteiger partial charge >= 0.3 is 6.03 Å². The third-order valence-electron chi connectivity index (χ3n) is 4.10. The summed E-state index contributed by atoms with van der Waals surface area (Å²) in [6.07, 6.45) is 7.29. The normalized spacial score (nSPS) is 22.9. The minimum absolute atomic E-state index is 0.0422. The van der Waals surface area contributed by atoms with Crippen LogP contribution in [-0.2, 0) is 4.79 Å². The maximum atomic E-state index is 11.8. The highest BCUT2D eigenvalue weighted by Crippen LogP contribution is 2.17. The van der Waals surface area contributed by atoms with Crippen molar-refractivity contribution in [2.24, 2.45) is 11.7 Å². The Kier molecular flexibility index (Phi) is 5.01. The first-order valence-electron chi connectivity index (χ1n) is 7.26. The van der Waals surface area contributed by atoms with Crippen LogP contribution in [-0.4, -0.2) is 36.1 Å². The molecule has 108 valence electrons. The fraction of sp³-hybridized carbons (Fsp3) is 0.846. The van der Waals surface area contributed by atoms with E-state index >= 15 is 0 Å². The number of urea groups is 1.